The van der Waals surface area contributed by atoms with Crippen LogP contribution in [0.2, 0.25) is 0 Å². The fourth-order valence-electron chi connectivity index (χ4n) is 3.30. The molecule has 0 N–H and O–H groups in total. The van der Waals surface area contributed by atoms with E-state index in [-0.39, 0.29) is 10.6 Å². The number of anilines is 1. The van der Waals surface area contributed by atoms with Crippen LogP contribution in [0.1, 0.15) is 27.2 Å². The Morgan fingerprint density at radius 2 is 1.84 bits per heavy atom. The van der Waals surface area contributed by atoms with Gasteiger partial charge in [-0.05, 0) is 30.5 Å². The highest BCUT2D eigenvalue weighted by atomic mass is 16.6. The van der Waals surface area contributed by atoms with Gasteiger partial charge in [-0.2, -0.15) is 0 Å². The number of pyridine rings is 1. The molecule has 2 aromatic rings. The lowest BCUT2D eigenvalue weighted by Crippen LogP contribution is -2.47. The summed E-state index contributed by atoms with van der Waals surface area (Å²) in [5.74, 6) is 0. The van der Waals surface area contributed by atoms with Crippen LogP contribution < -0.4 is 4.90 Å². The Kier molecular flexibility index (Phi) is 4.90. The fourth-order valence-corrected chi connectivity index (χ4v) is 3.30. The molecule has 1 saturated heterocycles. The van der Waals surface area contributed by atoms with Crippen molar-refractivity contribution in [1.82, 2.24) is 9.88 Å². The largest absolute Gasteiger partial charge is 0.368 e. The maximum atomic E-state index is 11.3. The summed E-state index contributed by atoms with van der Waals surface area (Å²) in [6, 6.07) is 5.36. The van der Waals surface area contributed by atoms with E-state index in [4.69, 9.17) is 0 Å². The molecule has 0 bridgehead atoms. The zero-order valence-electron chi connectivity index (χ0n) is 15.2. The van der Waals surface area contributed by atoms with Crippen LogP contribution in [0.5, 0.6) is 0 Å². The normalized spacial score (nSPS) is 16.4. The lowest BCUT2D eigenvalue weighted by molar-refractivity contribution is -0.383. The molecule has 0 amide bonds. The third-order valence-electron chi connectivity index (χ3n) is 4.86. The molecular weight excluding hydrogens is 316 g/mol. The number of nitrogens with zero attached hydrogens (tertiary/aromatic N) is 4. The van der Waals surface area contributed by atoms with Crippen molar-refractivity contribution in [3.63, 3.8) is 0 Å². The Balaban J connectivity index is 1.76. The number of nitro groups is 1. The first-order valence-corrected chi connectivity index (χ1v) is 8.83. The van der Waals surface area contributed by atoms with Crippen LogP contribution in [0, 0.1) is 15.5 Å². The minimum Gasteiger partial charge on any atom is -0.368 e. The number of piperazine rings is 1. The van der Waals surface area contributed by atoms with Crippen molar-refractivity contribution in [3.05, 3.63) is 40.7 Å². The summed E-state index contributed by atoms with van der Waals surface area (Å²) < 4.78 is 0. The standard InChI is InChI=1S/C19H26N4O2/c1-19(2,3)7-9-21-10-12-22(13-11-21)17-4-5-18(23(24)25)16-14-20-8-6-15(16)17/h4-6,8,14H,7,9-13H2,1-3H3. The first kappa shape index (κ1) is 17.6. The SMILES string of the molecule is CC(C)(C)CCN1CCN(c2ccc([N+](=O)[O-])c3cnccc23)CC1. The van der Waals surface area contributed by atoms with E-state index in [1.807, 2.05) is 12.1 Å². The summed E-state index contributed by atoms with van der Waals surface area (Å²) in [5, 5.41) is 12.8. The first-order chi connectivity index (χ1) is 11.8. The third kappa shape index (κ3) is 4.07. The van der Waals surface area contributed by atoms with Crippen molar-refractivity contribution >= 4 is 22.1 Å². The highest BCUT2D eigenvalue weighted by Crippen LogP contribution is 2.33. The number of benzene rings is 1. The molecule has 25 heavy (non-hydrogen) atoms. The van der Waals surface area contributed by atoms with Crippen molar-refractivity contribution in [2.24, 2.45) is 5.41 Å². The minimum atomic E-state index is -0.335. The Bertz CT molecular complexity index is 762. The summed E-state index contributed by atoms with van der Waals surface area (Å²) in [7, 11) is 0. The van der Waals surface area contributed by atoms with Crippen LogP contribution in [-0.4, -0.2) is 47.5 Å². The smallest absolute Gasteiger partial charge is 0.278 e. The molecule has 2 heterocycles. The van der Waals surface area contributed by atoms with Crippen LogP contribution >= 0.6 is 0 Å². The number of hydrogen-bond donors (Lipinski definition) is 0. The van der Waals surface area contributed by atoms with Gasteiger partial charge in [-0.1, -0.05) is 20.8 Å². The average molecular weight is 342 g/mol. The molecule has 0 radical (unpaired) electrons. The molecule has 3 rings (SSSR count). The average Bonchev–Trinajstić information content (AvgIpc) is 2.59. The van der Waals surface area contributed by atoms with Crippen LogP contribution in [0.3, 0.4) is 0 Å². The number of non-ortho nitro benzene ring substituents is 1. The Morgan fingerprint density at radius 3 is 2.48 bits per heavy atom. The highest BCUT2D eigenvalue weighted by molar-refractivity contribution is 5.99. The molecule has 134 valence electrons. The van der Waals surface area contributed by atoms with E-state index in [9.17, 15) is 10.1 Å². The second-order valence-electron chi connectivity index (χ2n) is 7.92. The Labute approximate surface area is 148 Å². The van der Waals surface area contributed by atoms with Crippen LogP contribution in [0.25, 0.3) is 10.8 Å². The zero-order chi connectivity index (χ0) is 18.0. The van der Waals surface area contributed by atoms with Crippen LogP contribution in [0.4, 0.5) is 11.4 Å². The predicted molar refractivity (Wildman–Crippen MR) is 101 cm³/mol. The molecule has 0 atom stereocenters. The highest BCUT2D eigenvalue weighted by Gasteiger charge is 2.22. The monoisotopic (exact) mass is 342 g/mol. The number of fused-ring (bicyclic) bond motifs is 1. The van der Waals surface area contributed by atoms with Crippen molar-refractivity contribution in [3.8, 4) is 0 Å². The van der Waals surface area contributed by atoms with Crippen LogP contribution in [0.15, 0.2) is 30.6 Å². The maximum absolute atomic E-state index is 11.3. The van der Waals surface area contributed by atoms with Gasteiger partial charge in [-0.15, -0.1) is 0 Å². The Hall–Kier alpha value is -2.21. The molecule has 1 aromatic heterocycles. The van der Waals surface area contributed by atoms with E-state index in [1.54, 1.807) is 18.5 Å². The summed E-state index contributed by atoms with van der Waals surface area (Å²) >= 11 is 0. The molecule has 1 fully saturated rings. The molecule has 1 aliphatic heterocycles. The van der Waals surface area contributed by atoms with Gasteiger partial charge < -0.3 is 4.90 Å². The molecule has 1 aromatic carbocycles. The number of aromatic nitrogens is 1. The van der Waals surface area contributed by atoms with E-state index < -0.39 is 0 Å². The van der Waals surface area contributed by atoms with E-state index in [0.29, 0.717) is 10.8 Å². The maximum Gasteiger partial charge on any atom is 0.278 e. The van der Waals surface area contributed by atoms with Crippen molar-refractivity contribution < 1.29 is 4.92 Å². The summed E-state index contributed by atoms with van der Waals surface area (Å²) in [6.45, 7) is 11.9. The molecular formula is C19H26N4O2. The fraction of sp³-hybridized carbons (Fsp3) is 0.526. The van der Waals surface area contributed by atoms with Gasteiger partial charge in [-0.3, -0.25) is 20.0 Å². The van der Waals surface area contributed by atoms with Crippen molar-refractivity contribution in [1.29, 1.82) is 0 Å². The molecule has 1 aliphatic rings. The molecule has 0 unspecified atom stereocenters. The summed E-state index contributed by atoms with van der Waals surface area (Å²) in [4.78, 5) is 19.8. The van der Waals surface area contributed by atoms with Gasteiger partial charge in [0, 0.05) is 55.7 Å². The van der Waals surface area contributed by atoms with Gasteiger partial charge in [0.1, 0.15) is 0 Å². The van der Waals surface area contributed by atoms with Gasteiger partial charge >= 0.3 is 0 Å². The molecule has 0 aliphatic carbocycles. The molecule has 6 nitrogen and oxygen atoms in total. The molecule has 0 spiro atoms. The van der Waals surface area contributed by atoms with Crippen molar-refractivity contribution in [2.75, 3.05) is 37.6 Å². The van der Waals surface area contributed by atoms with Gasteiger partial charge in [0.2, 0.25) is 0 Å². The quantitative estimate of drug-likeness (QED) is 0.626. The second-order valence-corrected chi connectivity index (χ2v) is 7.92. The number of hydrogen-bond acceptors (Lipinski definition) is 5. The first-order valence-electron chi connectivity index (χ1n) is 8.83. The summed E-state index contributed by atoms with van der Waals surface area (Å²) in [6.07, 6.45) is 4.49. The van der Waals surface area contributed by atoms with Crippen molar-refractivity contribution in [2.45, 2.75) is 27.2 Å². The predicted octanol–water partition coefficient (Wildman–Crippen LogP) is 3.70. The molecule has 6 heteroatoms. The van der Waals surface area contributed by atoms with E-state index in [0.717, 1.165) is 43.8 Å². The minimum absolute atomic E-state index is 0.121. The number of rotatable bonds is 4. The zero-order valence-corrected chi connectivity index (χ0v) is 15.2. The van der Waals surface area contributed by atoms with E-state index >= 15 is 0 Å². The molecule has 0 saturated carbocycles. The van der Waals surface area contributed by atoms with E-state index in [1.165, 1.54) is 6.42 Å². The van der Waals surface area contributed by atoms with Gasteiger partial charge in [0.05, 0.1) is 10.3 Å². The van der Waals surface area contributed by atoms with E-state index in [2.05, 4.69) is 35.6 Å². The van der Waals surface area contributed by atoms with Gasteiger partial charge in [0.15, 0.2) is 0 Å². The second kappa shape index (κ2) is 6.96. The third-order valence-corrected chi connectivity index (χ3v) is 4.86. The van der Waals surface area contributed by atoms with Gasteiger partial charge in [-0.25, -0.2) is 0 Å². The van der Waals surface area contributed by atoms with Crippen LogP contribution in [-0.2, 0) is 0 Å². The lowest BCUT2D eigenvalue weighted by Gasteiger charge is -2.37. The summed E-state index contributed by atoms with van der Waals surface area (Å²) in [5.41, 5.74) is 1.55. The topological polar surface area (TPSA) is 62.5 Å². The lowest BCUT2D eigenvalue weighted by atomic mass is 9.92. The number of nitro benzene ring substituents is 1. The van der Waals surface area contributed by atoms with Gasteiger partial charge in [0.25, 0.3) is 5.69 Å². The Morgan fingerprint density at radius 1 is 1.12 bits per heavy atom.